The van der Waals surface area contributed by atoms with Crippen molar-refractivity contribution in [3.05, 3.63) is 54.2 Å². The minimum atomic E-state index is -1.20. The van der Waals surface area contributed by atoms with Crippen molar-refractivity contribution in [3.63, 3.8) is 0 Å². The number of fused-ring (bicyclic) bond motifs is 1. The summed E-state index contributed by atoms with van der Waals surface area (Å²) in [6.07, 6.45) is 0.490. The molecule has 32 heavy (non-hydrogen) atoms. The maximum absolute atomic E-state index is 12.8. The molecule has 166 valence electrons. The zero-order valence-electron chi connectivity index (χ0n) is 17.5. The number of hydrogen-bond acceptors (Lipinski definition) is 5. The van der Waals surface area contributed by atoms with E-state index < -0.39 is 6.09 Å². The van der Waals surface area contributed by atoms with E-state index in [-0.39, 0.29) is 18.4 Å². The van der Waals surface area contributed by atoms with Gasteiger partial charge in [-0.25, -0.2) is 4.79 Å². The van der Waals surface area contributed by atoms with E-state index in [1.807, 2.05) is 18.2 Å². The van der Waals surface area contributed by atoms with E-state index in [1.54, 1.807) is 40.3 Å². The Morgan fingerprint density at radius 3 is 2.41 bits per heavy atom. The van der Waals surface area contributed by atoms with Gasteiger partial charge in [0.1, 0.15) is 12.3 Å². The number of carbonyl (C=O) groups is 3. The number of carboxylic acid groups (broad SMARTS) is 1. The number of benzene rings is 2. The minimum absolute atomic E-state index is 0.0317. The van der Waals surface area contributed by atoms with Crippen molar-refractivity contribution in [2.24, 2.45) is 0 Å². The van der Waals surface area contributed by atoms with Crippen molar-refractivity contribution in [1.82, 2.24) is 19.6 Å². The van der Waals surface area contributed by atoms with Crippen molar-refractivity contribution in [2.75, 3.05) is 38.6 Å². The third kappa shape index (κ3) is 4.48. The summed E-state index contributed by atoms with van der Waals surface area (Å²) in [5.41, 5.74) is 1.53. The third-order valence-corrected chi connectivity index (χ3v) is 5.35. The van der Waals surface area contributed by atoms with Gasteiger partial charge >= 0.3 is 6.09 Å². The van der Waals surface area contributed by atoms with Gasteiger partial charge in [0, 0.05) is 49.4 Å². The van der Waals surface area contributed by atoms with Crippen molar-refractivity contribution >= 4 is 34.5 Å². The SMILES string of the molecule is COc1cc2nn(CC(=O)N3CCN(C(=O)c4ccccc4)CC3)cc2cc1NC(=O)O. The normalized spacial score (nSPS) is 13.8. The molecule has 2 aromatic carbocycles. The van der Waals surface area contributed by atoms with Crippen LogP contribution in [0, 0.1) is 0 Å². The average Bonchev–Trinajstić information content (AvgIpc) is 3.19. The highest BCUT2D eigenvalue weighted by molar-refractivity contribution is 5.94. The summed E-state index contributed by atoms with van der Waals surface area (Å²) < 4.78 is 6.74. The largest absolute Gasteiger partial charge is 0.494 e. The lowest BCUT2D eigenvalue weighted by atomic mass is 10.2. The Kier molecular flexibility index (Phi) is 5.93. The number of piperazine rings is 1. The first-order valence-electron chi connectivity index (χ1n) is 10.1. The Balaban J connectivity index is 1.40. The highest BCUT2D eigenvalue weighted by Gasteiger charge is 2.25. The molecule has 0 radical (unpaired) electrons. The number of nitrogens with one attached hydrogen (secondary N) is 1. The van der Waals surface area contributed by atoms with Gasteiger partial charge in [-0.2, -0.15) is 5.10 Å². The van der Waals surface area contributed by atoms with Crippen LogP contribution in [0.1, 0.15) is 10.4 Å². The number of amides is 3. The number of anilines is 1. The van der Waals surface area contributed by atoms with Crippen LogP contribution in [0.15, 0.2) is 48.7 Å². The highest BCUT2D eigenvalue weighted by Crippen LogP contribution is 2.29. The lowest BCUT2D eigenvalue weighted by Gasteiger charge is -2.34. The van der Waals surface area contributed by atoms with Crippen molar-refractivity contribution < 1.29 is 24.2 Å². The number of aromatic nitrogens is 2. The molecular formula is C22H23N5O5. The lowest BCUT2D eigenvalue weighted by molar-refractivity contribution is -0.133. The summed E-state index contributed by atoms with van der Waals surface area (Å²) in [6.45, 7) is 1.91. The van der Waals surface area contributed by atoms with Crippen LogP contribution in [0.3, 0.4) is 0 Å². The van der Waals surface area contributed by atoms with Gasteiger partial charge in [0.15, 0.2) is 0 Å². The minimum Gasteiger partial charge on any atom is -0.494 e. The van der Waals surface area contributed by atoms with Crippen LogP contribution in [0.4, 0.5) is 10.5 Å². The number of rotatable bonds is 5. The number of methoxy groups -OCH3 is 1. The van der Waals surface area contributed by atoms with Crippen molar-refractivity contribution in [2.45, 2.75) is 6.54 Å². The predicted octanol–water partition coefficient (Wildman–Crippen LogP) is 2.12. The molecule has 1 saturated heterocycles. The standard InChI is InChI=1S/C22H23N5O5/c1-32-19-12-17-16(11-18(19)23-22(30)31)13-27(24-17)14-20(28)25-7-9-26(10-8-25)21(29)15-5-3-2-4-6-15/h2-6,11-13,23H,7-10,14H2,1H3,(H,30,31). The van der Waals surface area contributed by atoms with E-state index in [4.69, 9.17) is 9.84 Å². The maximum Gasteiger partial charge on any atom is 0.409 e. The van der Waals surface area contributed by atoms with Gasteiger partial charge in [-0.3, -0.25) is 19.6 Å². The van der Waals surface area contributed by atoms with E-state index in [1.165, 1.54) is 11.8 Å². The second-order valence-electron chi connectivity index (χ2n) is 7.41. The van der Waals surface area contributed by atoms with Gasteiger partial charge in [-0.15, -0.1) is 0 Å². The maximum atomic E-state index is 12.8. The molecule has 10 nitrogen and oxygen atoms in total. The van der Waals surface area contributed by atoms with Crippen LogP contribution >= 0.6 is 0 Å². The van der Waals surface area contributed by atoms with E-state index in [2.05, 4.69) is 10.4 Å². The molecule has 4 rings (SSSR count). The van der Waals surface area contributed by atoms with Gasteiger partial charge < -0.3 is 19.6 Å². The van der Waals surface area contributed by atoms with Crippen LogP contribution in [0.5, 0.6) is 5.75 Å². The molecule has 1 aromatic heterocycles. The van der Waals surface area contributed by atoms with Gasteiger partial charge in [-0.05, 0) is 18.2 Å². The molecule has 1 fully saturated rings. The summed E-state index contributed by atoms with van der Waals surface area (Å²) in [6, 6.07) is 12.3. The molecule has 0 unspecified atom stereocenters. The van der Waals surface area contributed by atoms with Crippen LogP contribution < -0.4 is 10.1 Å². The molecule has 0 atom stereocenters. The molecule has 0 spiro atoms. The molecule has 10 heteroatoms. The Morgan fingerprint density at radius 2 is 1.75 bits per heavy atom. The molecule has 3 aromatic rings. The average molecular weight is 437 g/mol. The zero-order valence-corrected chi connectivity index (χ0v) is 17.5. The molecule has 2 N–H and O–H groups in total. The first-order chi connectivity index (χ1) is 15.4. The lowest BCUT2D eigenvalue weighted by Crippen LogP contribution is -2.51. The molecule has 3 amide bonds. The van der Waals surface area contributed by atoms with Crippen molar-refractivity contribution in [3.8, 4) is 5.75 Å². The zero-order chi connectivity index (χ0) is 22.7. The van der Waals surface area contributed by atoms with Crippen LogP contribution in [-0.4, -0.2) is 75.9 Å². The quantitative estimate of drug-likeness (QED) is 0.632. The summed E-state index contributed by atoms with van der Waals surface area (Å²) in [7, 11) is 1.44. The molecule has 0 bridgehead atoms. The molecule has 0 aliphatic carbocycles. The third-order valence-electron chi connectivity index (χ3n) is 5.35. The van der Waals surface area contributed by atoms with Crippen molar-refractivity contribution in [1.29, 1.82) is 0 Å². The smallest absolute Gasteiger partial charge is 0.409 e. The predicted molar refractivity (Wildman–Crippen MR) is 117 cm³/mol. The molecule has 2 heterocycles. The number of ether oxygens (including phenoxy) is 1. The number of hydrogen-bond donors (Lipinski definition) is 2. The summed E-state index contributed by atoms with van der Waals surface area (Å²) in [5, 5.41) is 16.4. The summed E-state index contributed by atoms with van der Waals surface area (Å²) >= 11 is 0. The number of nitrogens with zero attached hydrogens (tertiary/aromatic N) is 4. The van der Waals surface area contributed by atoms with Gasteiger partial charge in [0.25, 0.3) is 5.91 Å². The molecule has 1 aliphatic heterocycles. The molecule has 0 saturated carbocycles. The second-order valence-corrected chi connectivity index (χ2v) is 7.41. The first-order valence-corrected chi connectivity index (χ1v) is 10.1. The summed E-state index contributed by atoms with van der Waals surface area (Å²) in [4.78, 5) is 39.8. The Labute approximate surface area is 184 Å². The van der Waals surface area contributed by atoms with Crippen LogP contribution in [0.25, 0.3) is 10.9 Å². The van der Waals surface area contributed by atoms with E-state index >= 15 is 0 Å². The Bertz CT molecular complexity index is 1150. The molecule has 1 aliphatic rings. The van der Waals surface area contributed by atoms with E-state index in [0.717, 1.165) is 0 Å². The van der Waals surface area contributed by atoms with Gasteiger partial charge in [-0.1, -0.05) is 18.2 Å². The monoisotopic (exact) mass is 437 g/mol. The fourth-order valence-corrected chi connectivity index (χ4v) is 3.73. The fraction of sp³-hybridized carbons (Fsp3) is 0.273. The highest BCUT2D eigenvalue weighted by atomic mass is 16.5. The Morgan fingerprint density at radius 1 is 1.06 bits per heavy atom. The van der Waals surface area contributed by atoms with Crippen LogP contribution in [-0.2, 0) is 11.3 Å². The summed E-state index contributed by atoms with van der Waals surface area (Å²) in [5.74, 6) is 0.215. The van der Waals surface area contributed by atoms with E-state index in [0.29, 0.717) is 54.1 Å². The first kappa shape index (κ1) is 21.2. The number of carbonyl (C=O) groups excluding carboxylic acids is 2. The fourth-order valence-electron chi connectivity index (χ4n) is 3.73. The topological polar surface area (TPSA) is 117 Å². The van der Waals surface area contributed by atoms with Gasteiger partial charge in [0.05, 0.1) is 18.3 Å². The molecular weight excluding hydrogens is 414 g/mol. The van der Waals surface area contributed by atoms with E-state index in [9.17, 15) is 14.4 Å². The van der Waals surface area contributed by atoms with Gasteiger partial charge in [0.2, 0.25) is 5.91 Å². The Hall–Kier alpha value is -4.08. The van der Waals surface area contributed by atoms with Crippen LogP contribution in [0.2, 0.25) is 0 Å². The second kappa shape index (κ2) is 8.96.